The molecule has 82 valence electrons. The van der Waals surface area contributed by atoms with E-state index in [0.717, 1.165) is 0 Å². The van der Waals surface area contributed by atoms with Crippen molar-refractivity contribution in [3.05, 3.63) is 26.6 Å². The summed E-state index contributed by atoms with van der Waals surface area (Å²) in [5.74, 6) is -1.35. The summed E-state index contributed by atoms with van der Waals surface area (Å²) in [6.07, 6.45) is -2.79. The van der Waals surface area contributed by atoms with Gasteiger partial charge in [0.05, 0.1) is 0 Å². The summed E-state index contributed by atoms with van der Waals surface area (Å²) in [6, 6.07) is 1.32. The zero-order valence-electron chi connectivity index (χ0n) is 7.38. The SMILES string of the molecule is NCc1cc(I)c(C(F)F)nc1C(=O)O. The van der Waals surface area contributed by atoms with Crippen LogP contribution in [0.3, 0.4) is 0 Å². The molecule has 0 aliphatic rings. The summed E-state index contributed by atoms with van der Waals surface area (Å²) in [5.41, 5.74) is 4.60. The van der Waals surface area contributed by atoms with Crippen LogP contribution in [0.15, 0.2) is 6.07 Å². The highest BCUT2D eigenvalue weighted by molar-refractivity contribution is 14.1. The number of carbonyl (C=O) groups is 1. The van der Waals surface area contributed by atoms with E-state index in [0.29, 0.717) is 0 Å². The van der Waals surface area contributed by atoms with Crippen molar-refractivity contribution in [2.24, 2.45) is 5.73 Å². The Morgan fingerprint density at radius 1 is 1.67 bits per heavy atom. The Hall–Kier alpha value is -0.830. The molecule has 7 heteroatoms. The maximum atomic E-state index is 12.4. The molecular formula is C8H7F2IN2O2. The predicted octanol–water partition coefficient (Wildman–Crippen LogP) is 1.78. The molecule has 0 spiro atoms. The van der Waals surface area contributed by atoms with Crippen LogP contribution >= 0.6 is 22.6 Å². The van der Waals surface area contributed by atoms with Gasteiger partial charge in [0.15, 0.2) is 5.69 Å². The van der Waals surface area contributed by atoms with Gasteiger partial charge in [-0.2, -0.15) is 0 Å². The zero-order chi connectivity index (χ0) is 11.6. The number of aromatic carboxylic acids is 1. The molecule has 1 rings (SSSR count). The molecule has 0 saturated carbocycles. The van der Waals surface area contributed by atoms with Crippen LogP contribution in [0.25, 0.3) is 0 Å². The fourth-order valence-electron chi connectivity index (χ4n) is 1.03. The van der Waals surface area contributed by atoms with Gasteiger partial charge < -0.3 is 10.8 Å². The van der Waals surface area contributed by atoms with Crippen LogP contribution in [0, 0.1) is 3.57 Å². The lowest BCUT2D eigenvalue weighted by molar-refractivity contribution is 0.0687. The van der Waals surface area contributed by atoms with E-state index in [1.165, 1.54) is 6.07 Å². The van der Waals surface area contributed by atoms with Gasteiger partial charge in [0.1, 0.15) is 5.69 Å². The first kappa shape index (κ1) is 12.2. The first-order valence-corrected chi connectivity index (χ1v) is 4.96. The molecule has 15 heavy (non-hydrogen) atoms. The molecule has 0 amide bonds. The summed E-state index contributed by atoms with van der Waals surface area (Å²) >= 11 is 1.67. The van der Waals surface area contributed by atoms with Crippen molar-refractivity contribution in [3.63, 3.8) is 0 Å². The molecule has 0 aliphatic carbocycles. The Bertz CT molecular complexity index is 398. The van der Waals surface area contributed by atoms with Gasteiger partial charge in [-0.05, 0) is 34.2 Å². The standard InChI is InChI=1S/C8H7F2IN2O2/c9-7(10)6-4(11)1-3(2-12)5(13-6)8(14)15/h1,7H,2,12H2,(H,14,15). The van der Waals surface area contributed by atoms with Gasteiger partial charge in [-0.25, -0.2) is 18.6 Å². The van der Waals surface area contributed by atoms with Crippen molar-refractivity contribution in [1.82, 2.24) is 4.98 Å². The second-order valence-electron chi connectivity index (χ2n) is 2.67. The summed E-state index contributed by atoms with van der Waals surface area (Å²) in [5, 5.41) is 8.73. The lowest BCUT2D eigenvalue weighted by Crippen LogP contribution is -2.12. The third-order valence-corrected chi connectivity index (χ3v) is 2.58. The average molecular weight is 328 g/mol. The number of halogens is 3. The highest BCUT2D eigenvalue weighted by atomic mass is 127. The van der Waals surface area contributed by atoms with Crippen molar-refractivity contribution in [2.75, 3.05) is 0 Å². The minimum atomic E-state index is -2.79. The number of carboxylic acids is 1. The lowest BCUT2D eigenvalue weighted by atomic mass is 10.1. The van der Waals surface area contributed by atoms with Crippen molar-refractivity contribution >= 4 is 28.6 Å². The topological polar surface area (TPSA) is 76.2 Å². The van der Waals surface area contributed by atoms with Crippen LogP contribution in [0.2, 0.25) is 0 Å². The van der Waals surface area contributed by atoms with Gasteiger partial charge in [-0.1, -0.05) is 0 Å². The number of aromatic nitrogens is 1. The Morgan fingerprint density at radius 2 is 2.27 bits per heavy atom. The maximum absolute atomic E-state index is 12.4. The van der Waals surface area contributed by atoms with E-state index in [4.69, 9.17) is 10.8 Å². The first-order valence-electron chi connectivity index (χ1n) is 3.88. The molecule has 0 aromatic carbocycles. The summed E-state index contributed by atoms with van der Waals surface area (Å²) in [6.45, 7) is -0.0475. The van der Waals surface area contributed by atoms with E-state index < -0.39 is 23.8 Å². The quantitative estimate of drug-likeness (QED) is 0.830. The number of rotatable bonds is 3. The van der Waals surface area contributed by atoms with Crippen LogP contribution in [0.5, 0.6) is 0 Å². The van der Waals surface area contributed by atoms with E-state index in [1.54, 1.807) is 22.6 Å². The van der Waals surface area contributed by atoms with Crippen molar-refractivity contribution in [2.45, 2.75) is 13.0 Å². The Balaban J connectivity index is 3.37. The Morgan fingerprint density at radius 3 is 2.67 bits per heavy atom. The molecule has 4 nitrogen and oxygen atoms in total. The van der Waals surface area contributed by atoms with Crippen molar-refractivity contribution in [1.29, 1.82) is 0 Å². The monoisotopic (exact) mass is 328 g/mol. The van der Waals surface area contributed by atoms with Crippen LogP contribution in [-0.4, -0.2) is 16.1 Å². The van der Waals surface area contributed by atoms with Crippen LogP contribution in [0.4, 0.5) is 8.78 Å². The molecule has 3 N–H and O–H groups in total. The first-order chi connectivity index (χ1) is 6.97. The van der Waals surface area contributed by atoms with Crippen LogP contribution in [-0.2, 0) is 6.54 Å². The molecule has 0 radical (unpaired) electrons. The fraction of sp³-hybridized carbons (Fsp3) is 0.250. The minimum absolute atomic E-state index is 0.0475. The van der Waals surface area contributed by atoms with Crippen LogP contribution in [0.1, 0.15) is 28.2 Å². The van der Waals surface area contributed by atoms with E-state index in [2.05, 4.69) is 4.98 Å². The number of carboxylic acid groups (broad SMARTS) is 1. The Kier molecular flexibility index (Phi) is 3.91. The largest absolute Gasteiger partial charge is 0.477 e. The van der Waals surface area contributed by atoms with E-state index in [-0.39, 0.29) is 15.7 Å². The molecule has 0 aliphatic heterocycles. The fourth-order valence-corrected chi connectivity index (χ4v) is 1.77. The van der Waals surface area contributed by atoms with Gasteiger partial charge in [0.2, 0.25) is 0 Å². The average Bonchev–Trinajstić information content (AvgIpc) is 2.16. The number of nitrogens with two attached hydrogens (primary N) is 1. The molecule has 1 aromatic heterocycles. The molecule has 0 atom stereocenters. The van der Waals surface area contributed by atoms with Crippen molar-refractivity contribution < 1.29 is 18.7 Å². The smallest absolute Gasteiger partial charge is 0.354 e. The van der Waals surface area contributed by atoms with Gasteiger partial charge in [0, 0.05) is 10.1 Å². The molecular weight excluding hydrogens is 321 g/mol. The molecule has 1 aromatic rings. The molecule has 0 fully saturated rings. The number of nitrogens with zero attached hydrogens (tertiary/aromatic N) is 1. The predicted molar refractivity (Wildman–Crippen MR) is 56.8 cm³/mol. The van der Waals surface area contributed by atoms with Gasteiger partial charge in [0.25, 0.3) is 6.43 Å². The Labute approximate surface area is 97.6 Å². The number of alkyl halides is 2. The summed E-state index contributed by atoms with van der Waals surface area (Å²) in [4.78, 5) is 14.1. The van der Waals surface area contributed by atoms with Gasteiger partial charge >= 0.3 is 5.97 Å². The third-order valence-electron chi connectivity index (χ3n) is 1.71. The number of hydrogen-bond donors (Lipinski definition) is 2. The van der Waals surface area contributed by atoms with Gasteiger partial charge in [-0.15, -0.1) is 0 Å². The van der Waals surface area contributed by atoms with E-state index in [9.17, 15) is 13.6 Å². The molecule has 0 saturated heterocycles. The second-order valence-corrected chi connectivity index (χ2v) is 3.84. The normalized spacial score (nSPS) is 10.7. The van der Waals surface area contributed by atoms with E-state index >= 15 is 0 Å². The van der Waals surface area contributed by atoms with Gasteiger partial charge in [-0.3, -0.25) is 0 Å². The second kappa shape index (κ2) is 4.79. The lowest BCUT2D eigenvalue weighted by Gasteiger charge is -2.08. The maximum Gasteiger partial charge on any atom is 0.354 e. The number of pyridine rings is 1. The number of hydrogen-bond acceptors (Lipinski definition) is 3. The van der Waals surface area contributed by atoms with Crippen molar-refractivity contribution in [3.8, 4) is 0 Å². The molecule has 1 heterocycles. The van der Waals surface area contributed by atoms with E-state index in [1.807, 2.05) is 0 Å². The third kappa shape index (κ3) is 2.59. The minimum Gasteiger partial charge on any atom is -0.477 e. The zero-order valence-corrected chi connectivity index (χ0v) is 9.53. The summed E-state index contributed by atoms with van der Waals surface area (Å²) in [7, 11) is 0. The molecule has 0 bridgehead atoms. The van der Waals surface area contributed by atoms with Crippen LogP contribution < -0.4 is 5.73 Å². The summed E-state index contributed by atoms with van der Waals surface area (Å²) < 4.78 is 25.0. The highest BCUT2D eigenvalue weighted by Crippen LogP contribution is 2.24. The highest BCUT2D eigenvalue weighted by Gasteiger charge is 2.20. The molecule has 0 unspecified atom stereocenters.